The van der Waals surface area contributed by atoms with Crippen LogP contribution in [0, 0.1) is 0 Å². The van der Waals surface area contributed by atoms with Gasteiger partial charge in [0.25, 0.3) is 0 Å². The first kappa shape index (κ1) is 17.9. The van der Waals surface area contributed by atoms with Crippen molar-refractivity contribution in [1.82, 2.24) is 9.80 Å². The highest BCUT2D eigenvalue weighted by atomic mass is 28.1. The largest absolute Gasteiger partial charge is 0.286 e. The van der Waals surface area contributed by atoms with E-state index in [-0.39, 0.29) is 5.66 Å². The van der Waals surface area contributed by atoms with Crippen LogP contribution in [-0.2, 0) is 0 Å². The molecule has 0 aromatic heterocycles. The van der Waals surface area contributed by atoms with Gasteiger partial charge in [0.15, 0.2) is 0 Å². The summed E-state index contributed by atoms with van der Waals surface area (Å²) in [6.07, 6.45) is 7.13. The Bertz CT molecular complexity index is 209. The van der Waals surface area contributed by atoms with Gasteiger partial charge in [0.2, 0.25) is 0 Å². The summed E-state index contributed by atoms with van der Waals surface area (Å²) in [4.78, 5) is 5.27. The minimum absolute atomic E-state index is 0.222. The van der Waals surface area contributed by atoms with E-state index in [0.717, 1.165) is 32.6 Å². The van der Waals surface area contributed by atoms with Crippen LogP contribution in [0.3, 0.4) is 0 Å². The Balaban J connectivity index is 5.21. The second-order valence-corrected chi connectivity index (χ2v) is 5.58. The highest BCUT2D eigenvalue weighted by molar-refractivity contribution is 6.09. The van der Waals surface area contributed by atoms with Crippen LogP contribution in [0.2, 0.25) is 6.04 Å². The summed E-state index contributed by atoms with van der Waals surface area (Å²) in [5, 5.41) is 0. The second kappa shape index (κ2) is 9.76. The third-order valence-electron chi connectivity index (χ3n) is 4.12. The lowest BCUT2D eigenvalue weighted by Gasteiger charge is -2.50. The minimum Gasteiger partial charge on any atom is -0.286 e. The van der Waals surface area contributed by atoms with Crippen LogP contribution >= 0.6 is 0 Å². The van der Waals surface area contributed by atoms with Crippen molar-refractivity contribution in [2.24, 2.45) is 0 Å². The van der Waals surface area contributed by atoms with E-state index in [9.17, 15) is 0 Å². The van der Waals surface area contributed by atoms with Crippen LogP contribution in [0.25, 0.3) is 0 Å². The lowest BCUT2D eigenvalue weighted by molar-refractivity contribution is -0.0516. The minimum atomic E-state index is 0.222. The molecule has 0 aromatic carbocycles. The Morgan fingerprint density at radius 2 is 1.28 bits per heavy atom. The first-order chi connectivity index (χ1) is 8.66. The Morgan fingerprint density at radius 1 is 0.833 bits per heavy atom. The van der Waals surface area contributed by atoms with Gasteiger partial charge in [-0.2, -0.15) is 0 Å². The van der Waals surface area contributed by atoms with Crippen molar-refractivity contribution in [3.05, 3.63) is 12.2 Å². The molecule has 0 spiro atoms. The zero-order valence-electron chi connectivity index (χ0n) is 13.5. The monoisotopic (exact) mass is 270 g/mol. The molecule has 0 atom stereocenters. The Kier molecular flexibility index (Phi) is 9.69. The van der Waals surface area contributed by atoms with E-state index in [2.05, 4.69) is 56.6 Å². The smallest absolute Gasteiger partial charge is 0.0769 e. The van der Waals surface area contributed by atoms with Crippen molar-refractivity contribution in [3.63, 3.8) is 0 Å². The van der Waals surface area contributed by atoms with Gasteiger partial charge in [0.05, 0.1) is 5.66 Å². The fourth-order valence-electron chi connectivity index (χ4n) is 3.11. The molecular weight excluding hydrogens is 236 g/mol. The van der Waals surface area contributed by atoms with Crippen LogP contribution in [0.5, 0.6) is 0 Å². The average Bonchev–Trinajstić information content (AvgIpc) is 2.40. The van der Waals surface area contributed by atoms with E-state index in [1.54, 1.807) is 0 Å². The molecule has 0 aliphatic rings. The molecule has 0 aromatic rings. The van der Waals surface area contributed by atoms with Crippen molar-refractivity contribution in [3.8, 4) is 0 Å². The maximum absolute atomic E-state index is 2.64. The van der Waals surface area contributed by atoms with Crippen molar-refractivity contribution in [2.75, 3.05) is 26.2 Å². The van der Waals surface area contributed by atoms with Crippen LogP contribution in [0.1, 0.15) is 47.5 Å². The van der Waals surface area contributed by atoms with E-state index >= 15 is 0 Å². The molecule has 108 valence electrons. The first-order valence-electron chi connectivity index (χ1n) is 7.81. The van der Waals surface area contributed by atoms with Crippen molar-refractivity contribution < 1.29 is 0 Å². The van der Waals surface area contributed by atoms with Crippen molar-refractivity contribution in [2.45, 2.75) is 59.2 Å². The van der Waals surface area contributed by atoms with Crippen molar-refractivity contribution >= 4 is 10.2 Å². The third kappa shape index (κ3) is 4.21. The van der Waals surface area contributed by atoms with Gasteiger partial charge in [0.1, 0.15) is 0 Å². The molecule has 0 rings (SSSR count). The van der Waals surface area contributed by atoms with Gasteiger partial charge in [-0.15, -0.1) is 0 Å². The molecule has 0 radical (unpaired) electrons. The number of hydrogen-bond donors (Lipinski definition) is 0. The summed E-state index contributed by atoms with van der Waals surface area (Å²) in [7, 11) is 1.27. The molecule has 0 saturated heterocycles. The summed E-state index contributed by atoms with van der Waals surface area (Å²) in [5.41, 5.74) is 0.222. The predicted octanol–water partition coefficient (Wildman–Crippen LogP) is 2.51. The van der Waals surface area contributed by atoms with E-state index in [0.29, 0.717) is 0 Å². The third-order valence-corrected chi connectivity index (χ3v) is 4.59. The lowest BCUT2D eigenvalue weighted by atomic mass is 9.96. The van der Waals surface area contributed by atoms with Gasteiger partial charge in [-0.1, -0.05) is 46.8 Å². The number of rotatable bonds is 10. The maximum atomic E-state index is 2.64. The Hall–Kier alpha value is -0.123. The highest BCUT2D eigenvalue weighted by Gasteiger charge is 2.36. The van der Waals surface area contributed by atoms with Crippen LogP contribution in [-0.4, -0.2) is 51.9 Å². The Labute approximate surface area is 118 Å². The first-order valence-corrected chi connectivity index (χ1v) is 9.23. The maximum Gasteiger partial charge on any atom is 0.0769 e. The van der Waals surface area contributed by atoms with E-state index in [1.807, 2.05) is 0 Å². The van der Waals surface area contributed by atoms with Crippen molar-refractivity contribution in [1.29, 1.82) is 0 Å². The molecule has 0 aliphatic carbocycles. The van der Waals surface area contributed by atoms with E-state index in [4.69, 9.17) is 0 Å². The van der Waals surface area contributed by atoms with Gasteiger partial charge in [-0.25, -0.2) is 0 Å². The number of nitrogens with zero attached hydrogens (tertiary/aromatic N) is 2. The van der Waals surface area contributed by atoms with E-state index < -0.39 is 0 Å². The van der Waals surface area contributed by atoms with E-state index in [1.165, 1.54) is 22.7 Å². The second-order valence-electron chi connectivity index (χ2n) is 4.76. The molecule has 0 heterocycles. The van der Waals surface area contributed by atoms with Gasteiger partial charge < -0.3 is 0 Å². The fraction of sp³-hybridized carbons (Fsp3) is 0.867. The molecule has 0 N–H and O–H groups in total. The summed E-state index contributed by atoms with van der Waals surface area (Å²) < 4.78 is 0. The van der Waals surface area contributed by atoms with Gasteiger partial charge in [-0.05, 0) is 45.1 Å². The lowest BCUT2D eigenvalue weighted by Crippen LogP contribution is -2.60. The zero-order valence-corrected chi connectivity index (χ0v) is 15.5. The average molecular weight is 271 g/mol. The van der Waals surface area contributed by atoms with Gasteiger partial charge >= 0.3 is 0 Å². The molecule has 2 nitrogen and oxygen atoms in total. The summed E-state index contributed by atoms with van der Waals surface area (Å²) in [6.45, 7) is 16.0. The molecular formula is C15H34N2Si. The summed E-state index contributed by atoms with van der Waals surface area (Å²) in [5.74, 6) is 0. The van der Waals surface area contributed by atoms with Crippen LogP contribution in [0.4, 0.5) is 0 Å². The van der Waals surface area contributed by atoms with Crippen LogP contribution in [0.15, 0.2) is 12.2 Å². The summed E-state index contributed by atoms with van der Waals surface area (Å²) in [6, 6.07) is 1.27. The fourth-order valence-corrected chi connectivity index (χ4v) is 3.45. The van der Waals surface area contributed by atoms with Crippen LogP contribution < -0.4 is 0 Å². The number of hydrogen-bond acceptors (Lipinski definition) is 2. The summed E-state index contributed by atoms with van der Waals surface area (Å²) >= 11 is 0. The Morgan fingerprint density at radius 3 is 1.56 bits per heavy atom. The highest BCUT2D eigenvalue weighted by Crippen LogP contribution is 2.29. The molecule has 0 unspecified atom stereocenters. The molecule has 0 fully saturated rings. The molecule has 0 saturated carbocycles. The molecule has 3 heteroatoms. The van der Waals surface area contributed by atoms with Gasteiger partial charge in [-0.3, -0.25) is 9.80 Å². The molecule has 0 aliphatic heterocycles. The topological polar surface area (TPSA) is 6.48 Å². The molecule has 0 bridgehead atoms. The normalized spacial score (nSPS) is 13.3. The molecule has 18 heavy (non-hydrogen) atoms. The number of allylic oxidation sites excluding steroid dienone is 1. The zero-order chi connectivity index (χ0) is 14.0. The SMILES string of the molecule is CCN(CC)C(CC)(C/C=C/C[SiH3])N(CC)CC. The predicted molar refractivity (Wildman–Crippen MR) is 87.4 cm³/mol. The van der Waals surface area contributed by atoms with Gasteiger partial charge in [0, 0.05) is 10.2 Å². The standard InChI is InChI=1S/C15H34N2Si/c1-6-15(13-11-12-14-18,16(7-2)8-3)17(9-4)10-5/h11-12H,6-10,13-14H2,1-5,18H3/b12-11+. The quantitative estimate of drug-likeness (QED) is 0.342. The molecule has 0 amide bonds.